The van der Waals surface area contributed by atoms with Gasteiger partial charge in [0.25, 0.3) is 0 Å². The van der Waals surface area contributed by atoms with Gasteiger partial charge in [-0.05, 0) is 77.0 Å². The lowest BCUT2D eigenvalue weighted by Crippen LogP contribution is -2.65. The maximum atomic E-state index is 13.4. The summed E-state index contributed by atoms with van der Waals surface area (Å²) in [7, 11) is 0. The van der Waals surface area contributed by atoms with Gasteiger partial charge in [-0.25, -0.2) is 0 Å². The van der Waals surface area contributed by atoms with E-state index in [2.05, 4.69) is 116 Å². The lowest BCUT2D eigenvalue weighted by Gasteiger charge is -2.46. The molecule has 0 spiro atoms. The van der Waals surface area contributed by atoms with E-state index >= 15 is 0 Å². The molecule has 1 amide bonds. The number of hydrogen-bond acceptors (Lipinski definition) is 13. The Labute approximate surface area is 573 Å². The van der Waals surface area contributed by atoms with Crippen LogP contribution in [0.2, 0.25) is 0 Å². The van der Waals surface area contributed by atoms with Crippen molar-refractivity contribution in [3.63, 3.8) is 0 Å². The molecule has 9 N–H and O–H groups in total. The van der Waals surface area contributed by atoms with Crippen LogP contribution in [0.4, 0.5) is 0 Å². The van der Waals surface area contributed by atoms with E-state index < -0.39 is 86.8 Å². The van der Waals surface area contributed by atoms with Gasteiger partial charge in [0.1, 0.15) is 48.8 Å². The molecule has 14 heteroatoms. The van der Waals surface area contributed by atoms with Crippen LogP contribution in [0.15, 0.2) is 97.2 Å². The van der Waals surface area contributed by atoms with Crippen LogP contribution in [0.1, 0.15) is 309 Å². The molecule has 2 aliphatic rings. The first-order valence-corrected chi connectivity index (χ1v) is 38.5. The number of unbranched alkanes of at least 4 members (excludes halogenated alkanes) is 34. The number of rotatable bonds is 63. The second-order valence-corrected chi connectivity index (χ2v) is 26.8. The van der Waals surface area contributed by atoms with Crippen LogP contribution in [0.3, 0.4) is 0 Å². The third kappa shape index (κ3) is 46.2. The van der Waals surface area contributed by atoms with Gasteiger partial charge >= 0.3 is 0 Å². The average molecular weight is 1330 g/mol. The van der Waals surface area contributed by atoms with Gasteiger partial charge in [-0.15, -0.1) is 0 Å². The molecule has 0 bridgehead atoms. The maximum absolute atomic E-state index is 13.4. The molecule has 2 aliphatic heterocycles. The highest BCUT2D eigenvalue weighted by atomic mass is 16.7. The largest absolute Gasteiger partial charge is 0.394 e. The minimum absolute atomic E-state index is 0.208. The van der Waals surface area contributed by atoms with Crippen molar-refractivity contribution in [3.05, 3.63) is 97.2 Å². The Morgan fingerprint density at radius 1 is 0.394 bits per heavy atom. The smallest absolute Gasteiger partial charge is 0.220 e. The third-order valence-electron chi connectivity index (χ3n) is 18.3. The van der Waals surface area contributed by atoms with Crippen molar-refractivity contribution in [2.24, 2.45) is 0 Å². The second kappa shape index (κ2) is 63.4. The molecule has 2 saturated heterocycles. The fourth-order valence-corrected chi connectivity index (χ4v) is 12.3. The zero-order chi connectivity index (χ0) is 68.0. The summed E-state index contributed by atoms with van der Waals surface area (Å²) in [4.78, 5) is 13.4. The van der Waals surface area contributed by atoms with Gasteiger partial charge in [-0.1, -0.05) is 323 Å². The zero-order valence-electron chi connectivity index (χ0n) is 59.4. The minimum Gasteiger partial charge on any atom is -0.394 e. The molecule has 0 aliphatic carbocycles. The topological polar surface area (TPSA) is 228 Å². The summed E-state index contributed by atoms with van der Waals surface area (Å²) >= 11 is 0. The molecule has 2 rings (SSSR count). The summed E-state index contributed by atoms with van der Waals surface area (Å²) in [6, 6.07) is -0.837. The maximum Gasteiger partial charge on any atom is 0.220 e. The molecular weight excluding hydrogens is 1180 g/mol. The highest BCUT2D eigenvalue weighted by molar-refractivity contribution is 5.76. The molecule has 94 heavy (non-hydrogen) atoms. The van der Waals surface area contributed by atoms with E-state index in [9.17, 15) is 45.6 Å². The van der Waals surface area contributed by atoms with Crippen molar-refractivity contribution in [1.82, 2.24) is 5.32 Å². The van der Waals surface area contributed by atoms with Crippen LogP contribution in [-0.4, -0.2) is 140 Å². The van der Waals surface area contributed by atoms with Crippen LogP contribution in [0.25, 0.3) is 0 Å². The molecule has 14 nitrogen and oxygen atoms in total. The number of carbonyl (C=O) groups is 1. The fourth-order valence-electron chi connectivity index (χ4n) is 12.3. The van der Waals surface area contributed by atoms with E-state index in [0.29, 0.717) is 12.8 Å². The van der Waals surface area contributed by atoms with Crippen molar-refractivity contribution in [3.8, 4) is 0 Å². The van der Waals surface area contributed by atoms with Crippen molar-refractivity contribution in [1.29, 1.82) is 0 Å². The Hall–Kier alpha value is -3.09. The van der Waals surface area contributed by atoms with Crippen molar-refractivity contribution in [2.75, 3.05) is 19.8 Å². The predicted octanol–water partition coefficient (Wildman–Crippen LogP) is 16.9. The molecule has 0 aromatic heterocycles. The standard InChI is InChI=1S/C80H141NO13/c1-3-5-7-9-11-13-15-17-19-21-23-25-27-28-29-30-31-32-33-34-35-36-37-38-39-40-42-44-46-48-50-52-54-56-58-60-62-64-72(85)81-68(67-91-79-77(90)75(88)78(71(66-83)93-79)94-80-76(89)74(87)73(86)70(65-82)92-80)69(84)63-61-59-57-55-53-51-49-47-45-43-41-26-24-22-20-18-16-14-12-10-8-6-4-2/h5,7,11,13,17,19,23,25,28-29,31-32,34-35,37-38,68-71,73-80,82-84,86-90H,3-4,6,8-10,12,14-16,18,20-22,24,26-27,30,33,36,39-67H2,1-2H3,(H,81,85)/b7-5-,13-11-,19-17-,25-23-,29-28-,32-31-,35-34-,38-37-. The first-order valence-electron chi connectivity index (χ1n) is 38.5. The van der Waals surface area contributed by atoms with Crippen LogP contribution in [0, 0.1) is 0 Å². The average Bonchev–Trinajstić information content (AvgIpc) is 0.794. The summed E-state index contributed by atoms with van der Waals surface area (Å²) in [5.74, 6) is -0.208. The van der Waals surface area contributed by atoms with Crippen molar-refractivity contribution < 1.29 is 64.6 Å². The molecule has 0 aromatic carbocycles. The molecule has 12 unspecified atom stereocenters. The molecule has 2 fully saturated rings. The lowest BCUT2D eigenvalue weighted by molar-refractivity contribution is -0.359. The van der Waals surface area contributed by atoms with Gasteiger partial charge in [0, 0.05) is 6.42 Å². The Balaban J connectivity index is 1.62. The van der Waals surface area contributed by atoms with Gasteiger partial charge in [0.15, 0.2) is 12.6 Å². The summed E-state index contributed by atoms with van der Waals surface area (Å²) in [6.07, 6.45) is 72.8. The molecule has 12 atom stereocenters. The van der Waals surface area contributed by atoms with Gasteiger partial charge < -0.3 is 65.1 Å². The normalized spacial score (nSPS) is 23.0. The number of ether oxygens (including phenoxy) is 4. The van der Waals surface area contributed by atoms with Gasteiger partial charge in [-0.3, -0.25) is 4.79 Å². The third-order valence-corrected chi connectivity index (χ3v) is 18.3. The Morgan fingerprint density at radius 3 is 1.13 bits per heavy atom. The molecule has 0 radical (unpaired) electrons. The van der Waals surface area contributed by atoms with E-state index in [-0.39, 0.29) is 12.5 Å². The number of hydrogen-bond donors (Lipinski definition) is 9. The van der Waals surface area contributed by atoms with E-state index in [0.717, 1.165) is 109 Å². The predicted molar refractivity (Wildman–Crippen MR) is 387 cm³/mol. The summed E-state index contributed by atoms with van der Waals surface area (Å²) < 4.78 is 23.0. The van der Waals surface area contributed by atoms with Crippen molar-refractivity contribution >= 4 is 5.91 Å². The molecule has 0 aromatic rings. The summed E-state index contributed by atoms with van der Waals surface area (Å²) in [5.41, 5.74) is 0. The fraction of sp³-hybridized carbons (Fsp3) is 0.787. The van der Waals surface area contributed by atoms with E-state index in [4.69, 9.17) is 18.9 Å². The molecule has 544 valence electrons. The monoisotopic (exact) mass is 1320 g/mol. The Kier molecular flexibility index (Phi) is 58.6. The molecule has 0 saturated carbocycles. The van der Waals surface area contributed by atoms with Crippen molar-refractivity contribution in [2.45, 2.75) is 383 Å². The number of nitrogens with one attached hydrogen (secondary N) is 1. The quantitative estimate of drug-likeness (QED) is 0.0204. The van der Waals surface area contributed by atoms with Crippen LogP contribution in [0.5, 0.6) is 0 Å². The van der Waals surface area contributed by atoms with Gasteiger partial charge in [-0.2, -0.15) is 0 Å². The van der Waals surface area contributed by atoms with Crippen LogP contribution >= 0.6 is 0 Å². The minimum atomic E-state index is -1.79. The second-order valence-electron chi connectivity index (χ2n) is 26.8. The van der Waals surface area contributed by atoms with Gasteiger partial charge in [0.2, 0.25) is 5.91 Å². The first-order chi connectivity index (χ1) is 46.1. The van der Waals surface area contributed by atoms with E-state index in [1.54, 1.807) is 0 Å². The van der Waals surface area contributed by atoms with E-state index in [1.165, 1.54) is 173 Å². The SMILES string of the molecule is CC/C=C\C/C=C\C/C=C\C/C=C\C/C=C\C/C=C\C/C=C\C/C=C\CCCCCCCCCCCCCCC(=O)NC(COC1OC(CO)C(OC2OC(CO)C(O)C(O)C2O)C(O)C1O)C(O)CCCCCCCCCCCCCCCCCCCCCCCCC. The lowest BCUT2D eigenvalue weighted by atomic mass is 9.97. The molecule has 2 heterocycles. The molecular formula is C80H141NO13. The first kappa shape index (κ1) is 87.0. The summed E-state index contributed by atoms with van der Waals surface area (Å²) in [6.45, 7) is 2.78. The number of amides is 1. The number of aliphatic hydroxyl groups excluding tert-OH is 8. The van der Waals surface area contributed by atoms with Crippen LogP contribution < -0.4 is 5.32 Å². The Bertz CT molecular complexity index is 1950. The highest BCUT2D eigenvalue weighted by Gasteiger charge is 2.51. The van der Waals surface area contributed by atoms with Gasteiger partial charge in [0.05, 0.1) is 32.0 Å². The Morgan fingerprint density at radius 2 is 0.734 bits per heavy atom. The summed E-state index contributed by atoms with van der Waals surface area (Å²) in [5, 5.41) is 87.8. The van der Waals surface area contributed by atoms with E-state index in [1.807, 2.05) is 0 Å². The zero-order valence-corrected chi connectivity index (χ0v) is 59.4. The number of allylic oxidation sites excluding steroid dienone is 16. The van der Waals surface area contributed by atoms with Crippen LogP contribution in [-0.2, 0) is 23.7 Å². The number of carbonyl (C=O) groups excluding carboxylic acids is 1. The number of aliphatic hydroxyl groups is 8. The highest BCUT2D eigenvalue weighted by Crippen LogP contribution is 2.30.